The summed E-state index contributed by atoms with van der Waals surface area (Å²) in [5.74, 6) is 0.199. The summed E-state index contributed by atoms with van der Waals surface area (Å²) < 4.78 is 6.24. The van der Waals surface area contributed by atoms with Crippen LogP contribution in [0.5, 0.6) is 5.75 Å². The average molecular weight is 737 g/mol. The average Bonchev–Trinajstić information content (AvgIpc) is 3.67. The number of nitrogens with zero attached hydrogens (tertiary/aromatic N) is 2. The van der Waals surface area contributed by atoms with E-state index in [1.54, 1.807) is 12.3 Å². The molecule has 1 N–H and O–H groups in total. The van der Waals surface area contributed by atoms with Crippen LogP contribution >= 0.6 is 7.92 Å². The number of hydrogen-bond donors (Lipinski definition) is 1. The van der Waals surface area contributed by atoms with E-state index in [9.17, 15) is 5.11 Å². The largest absolute Gasteiger partial charge is 0.507 e. The van der Waals surface area contributed by atoms with E-state index < -0.39 is 7.92 Å². The highest BCUT2D eigenvalue weighted by atomic mass is 31.1. The third kappa shape index (κ3) is 7.48. The van der Waals surface area contributed by atoms with E-state index in [-0.39, 0.29) is 16.6 Å². The minimum Gasteiger partial charge on any atom is -0.507 e. The molecule has 3 aromatic heterocycles. The number of aromatic nitrogens is 2. The first-order valence-corrected chi connectivity index (χ1v) is 20.1. The molecular weight excluding hydrogens is 692 g/mol. The van der Waals surface area contributed by atoms with E-state index >= 15 is 0 Å². The van der Waals surface area contributed by atoms with Gasteiger partial charge >= 0.3 is 0 Å². The van der Waals surface area contributed by atoms with Crippen LogP contribution in [0.15, 0.2) is 162 Å². The zero-order chi connectivity index (χ0) is 38.3. The standard InChI is InChI=1S/C50H45N2O2P/c1-49(2,3)39-26-37(27-40(32-39)50(4,5)6)38-29-43(52-44(30-38)42-19-10-11-20-45(42)53)34-17-14-18-41(28-34)55(47-21-12-13-23-51-47)46-31-36(33-15-8-7-9-16-33)25-35-22-24-54-48(35)46/h7-32,53H,1-6H3. The van der Waals surface area contributed by atoms with Crippen LogP contribution < -0.4 is 16.0 Å². The number of hydrogen-bond acceptors (Lipinski definition) is 4. The Balaban J connectivity index is 1.34. The van der Waals surface area contributed by atoms with Crippen LogP contribution in [0.2, 0.25) is 0 Å². The van der Waals surface area contributed by atoms with Gasteiger partial charge in [0.1, 0.15) is 11.3 Å². The van der Waals surface area contributed by atoms with Crippen molar-refractivity contribution < 1.29 is 9.52 Å². The molecule has 5 aromatic carbocycles. The Morgan fingerprint density at radius 1 is 0.545 bits per heavy atom. The van der Waals surface area contributed by atoms with Gasteiger partial charge in [-0.3, -0.25) is 4.98 Å². The molecule has 0 aliphatic carbocycles. The molecule has 5 heteroatoms. The molecule has 1 unspecified atom stereocenters. The summed E-state index contributed by atoms with van der Waals surface area (Å²) in [6.07, 6.45) is 3.65. The maximum absolute atomic E-state index is 11.1. The number of aromatic hydroxyl groups is 1. The lowest BCUT2D eigenvalue weighted by atomic mass is 9.79. The Bertz CT molecular complexity index is 2600. The first-order chi connectivity index (χ1) is 26.4. The van der Waals surface area contributed by atoms with Gasteiger partial charge in [0, 0.05) is 35.9 Å². The van der Waals surface area contributed by atoms with E-state index in [0.717, 1.165) is 60.5 Å². The molecule has 0 amide bonds. The Labute approximate surface area is 325 Å². The van der Waals surface area contributed by atoms with Crippen molar-refractivity contribution in [3.8, 4) is 50.5 Å². The van der Waals surface area contributed by atoms with Gasteiger partial charge in [0.2, 0.25) is 0 Å². The van der Waals surface area contributed by atoms with Crippen molar-refractivity contribution in [2.75, 3.05) is 0 Å². The maximum Gasteiger partial charge on any atom is 0.142 e. The molecule has 3 heterocycles. The predicted octanol–water partition coefficient (Wildman–Crippen LogP) is 11.9. The van der Waals surface area contributed by atoms with Gasteiger partial charge in [0.05, 0.1) is 23.1 Å². The molecule has 0 saturated carbocycles. The summed E-state index contributed by atoms with van der Waals surface area (Å²) in [4.78, 5) is 10.2. The van der Waals surface area contributed by atoms with Crippen LogP contribution in [-0.2, 0) is 10.8 Å². The lowest BCUT2D eigenvalue weighted by Crippen LogP contribution is -2.23. The normalized spacial score (nSPS) is 12.5. The maximum atomic E-state index is 11.1. The van der Waals surface area contributed by atoms with Crippen LogP contribution in [0.25, 0.3) is 55.7 Å². The Morgan fingerprint density at radius 2 is 1.20 bits per heavy atom. The van der Waals surface area contributed by atoms with Gasteiger partial charge in [-0.2, -0.15) is 0 Å². The topological polar surface area (TPSA) is 59.2 Å². The van der Waals surface area contributed by atoms with Crippen LogP contribution in [0, 0.1) is 0 Å². The van der Waals surface area contributed by atoms with Crippen molar-refractivity contribution in [1.29, 1.82) is 0 Å². The second-order valence-electron chi connectivity index (χ2n) is 16.2. The Morgan fingerprint density at radius 3 is 1.91 bits per heavy atom. The molecule has 0 aliphatic heterocycles. The van der Waals surface area contributed by atoms with Crippen molar-refractivity contribution in [3.63, 3.8) is 0 Å². The Hall–Kier alpha value is -5.83. The van der Waals surface area contributed by atoms with E-state index in [2.05, 4.69) is 145 Å². The highest BCUT2D eigenvalue weighted by Gasteiger charge is 2.25. The fourth-order valence-corrected chi connectivity index (χ4v) is 9.41. The van der Waals surface area contributed by atoms with Crippen LogP contribution in [-0.4, -0.2) is 15.1 Å². The second-order valence-corrected chi connectivity index (χ2v) is 18.3. The number of phenolic OH excluding ortho intramolecular Hbond substituents is 1. The highest BCUT2D eigenvalue weighted by Crippen LogP contribution is 2.41. The van der Waals surface area contributed by atoms with Gasteiger partial charge < -0.3 is 9.52 Å². The molecule has 0 aliphatic rings. The van der Waals surface area contributed by atoms with E-state index in [1.807, 2.05) is 42.6 Å². The monoisotopic (exact) mass is 736 g/mol. The van der Waals surface area contributed by atoms with E-state index in [0.29, 0.717) is 11.3 Å². The molecule has 272 valence electrons. The number of pyridine rings is 2. The summed E-state index contributed by atoms with van der Waals surface area (Å²) in [6, 6.07) is 50.6. The second kappa shape index (κ2) is 14.4. The van der Waals surface area contributed by atoms with Gasteiger partial charge in [-0.15, -0.1) is 0 Å². The van der Waals surface area contributed by atoms with Gasteiger partial charge in [-0.25, -0.2) is 4.98 Å². The third-order valence-electron chi connectivity index (χ3n) is 10.2. The molecule has 8 aromatic rings. The van der Waals surface area contributed by atoms with Gasteiger partial charge in [-0.05, 0) is 110 Å². The minimum absolute atomic E-state index is 0.0411. The van der Waals surface area contributed by atoms with Crippen LogP contribution in [0.4, 0.5) is 0 Å². The molecule has 0 fully saturated rings. The molecular formula is C50H45N2O2P. The third-order valence-corrected chi connectivity index (χ3v) is 12.5. The summed E-state index contributed by atoms with van der Waals surface area (Å²) in [5, 5.41) is 14.4. The predicted molar refractivity (Wildman–Crippen MR) is 231 cm³/mol. The molecule has 55 heavy (non-hydrogen) atoms. The number of fused-ring (bicyclic) bond motifs is 1. The molecule has 1 atom stereocenters. The molecule has 4 nitrogen and oxygen atoms in total. The summed E-state index contributed by atoms with van der Waals surface area (Å²) in [5.41, 5.74) is 12.0. The first-order valence-electron chi connectivity index (χ1n) is 18.8. The summed E-state index contributed by atoms with van der Waals surface area (Å²) in [7, 11) is -1.15. The summed E-state index contributed by atoms with van der Waals surface area (Å²) in [6.45, 7) is 13.6. The summed E-state index contributed by atoms with van der Waals surface area (Å²) >= 11 is 0. The first kappa shape index (κ1) is 36.2. The molecule has 0 spiro atoms. The lowest BCUT2D eigenvalue weighted by molar-refractivity contribution is 0.477. The van der Waals surface area contributed by atoms with Crippen molar-refractivity contribution in [2.24, 2.45) is 0 Å². The number of para-hydroxylation sites is 1. The fraction of sp³-hybridized carbons (Fsp3) is 0.160. The van der Waals surface area contributed by atoms with Crippen molar-refractivity contribution >= 4 is 34.9 Å². The smallest absolute Gasteiger partial charge is 0.142 e. The SMILES string of the molecule is CC(C)(C)c1cc(-c2cc(-c3cccc(P(c4ccccn4)c4cc(-c5ccccc5)cc5ccoc45)c3)nc(-c3ccccc3O)c2)cc(C(C)(C)C)c1. The highest BCUT2D eigenvalue weighted by molar-refractivity contribution is 7.80. The molecule has 0 bridgehead atoms. The molecule has 8 rings (SSSR count). The van der Waals surface area contributed by atoms with Crippen LogP contribution in [0.1, 0.15) is 52.7 Å². The number of rotatable bonds is 7. The van der Waals surface area contributed by atoms with Gasteiger partial charge in [0.15, 0.2) is 0 Å². The van der Waals surface area contributed by atoms with E-state index in [4.69, 9.17) is 14.4 Å². The Kier molecular flexibility index (Phi) is 9.49. The zero-order valence-electron chi connectivity index (χ0n) is 32.2. The molecule has 0 saturated heterocycles. The molecule has 0 radical (unpaired) electrons. The van der Waals surface area contributed by atoms with Crippen molar-refractivity contribution in [3.05, 3.63) is 169 Å². The number of furan rings is 1. The van der Waals surface area contributed by atoms with Gasteiger partial charge in [-0.1, -0.05) is 126 Å². The van der Waals surface area contributed by atoms with Crippen molar-refractivity contribution in [1.82, 2.24) is 9.97 Å². The van der Waals surface area contributed by atoms with E-state index in [1.165, 1.54) is 11.1 Å². The van der Waals surface area contributed by atoms with Crippen LogP contribution in [0.3, 0.4) is 0 Å². The number of phenols is 1. The lowest BCUT2D eigenvalue weighted by Gasteiger charge is -2.26. The number of benzene rings is 5. The minimum atomic E-state index is -1.15. The quantitative estimate of drug-likeness (QED) is 0.166. The zero-order valence-corrected chi connectivity index (χ0v) is 33.1. The van der Waals surface area contributed by atoms with Gasteiger partial charge in [0.25, 0.3) is 0 Å². The fourth-order valence-electron chi connectivity index (χ4n) is 7.05. The van der Waals surface area contributed by atoms with Crippen molar-refractivity contribution in [2.45, 2.75) is 52.4 Å².